The fourth-order valence-corrected chi connectivity index (χ4v) is 1.51. The molecule has 88 valence electrons. The van der Waals surface area contributed by atoms with Gasteiger partial charge in [-0.1, -0.05) is 4.68 Å². The van der Waals surface area contributed by atoms with E-state index < -0.39 is 5.97 Å². The molecule has 0 aliphatic rings. The van der Waals surface area contributed by atoms with Crippen LogP contribution in [0.2, 0.25) is 0 Å². The largest absolute Gasteiger partial charge is 0.481 e. The number of aromatic nitrogens is 4. The van der Waals surface area contributed by atoms with E-state index in [9.17, 15) is 4.79 Å². The number of imidazole rings is 1. The third-order valence-corrected chi connectivity index (χ3v) is 2.44. The van der Waals surface area contributed by atoms with E-state index >= 15 is 0 Å². The Morgan fingerprint density at radius 1 is 1.53 bits per heavy atom. The van der Waals surface area contributed by atoms with Crippen LogP contribution in [0.3, 0.4) is 0 Å². The van der Waals surface area contributed by atoms with Crippen LogP contribution in [-0.2, 0) is 18.4 Å². The molecule has 6 nitrogen and oxygen atoms in total. The molecular weight excluding hydrogens is 220 g/mol. The Morgan fingerprint density at radius 3 is 2.88 bits per heavy atom. The Bertz CT molecular complexity index is 519. The summed E-state index contributed by atoms with van der Waals surface area (Å²) in [5.74, 6) is -0.824. The van der Waals surface area contributed by atoms with Crippen molar-refractivity contribution in [1.82, 2.24) is 14.6 Å². The van der Waals surface area contributed by atoms with Crippen LogP contribution in [0.15, 0.2) is 31.0 Å². The molecule has 0 atom stereocenters. The second-order valence-corrected chi connectivity index (χ2v) is 3.71. The monoisotopic (exact) mass is 233 g/mol. The van der Waals surface area contributed by atoms with E-state index in [2.05, 4.69) is 10.1 Å². The lowest BCUT2D eigenvalue weighted by molar-refractivity contribution is -0.752. The number of aryl methyl sites for hydroxylation is 2. The SMILES string of the molecule is Cn1cncc1-c1cc[n+](CCC(=O)O)nc1. The second-order valence-electron chi connectivity index (χ2n) is 3.71. The molecule has 0 bridgehead atoms. The highest BCUT2D eigenvalue weighted by Crippen LogP contribution is 2.14. The molecule has 6 heteroatoms. The first-order valence-corrected chi connectivity index (χ1v) is 5.21. The van der Waals surface area contributed by atoms with Crippen LogP contribution in [-0.4, -0.2) is 25.7 Å². The van der Waals surface area contributed by atoms with Crippen molar-refractivity contribution in [2.75, 3.05) is 0 Å². The van der Waals surface area contributed by atoms with E-state index in [0.717, 1.165) is 11.3 Å². The quantitative estimate of drug-likeness (QED) is 0.768. The van der Waals surface area contributed by atoms with Crippen LogP contribution in [0.5, 0.6) is 0 Å². The first kappa shape index (κ1) is 11.3. The molecule has 2 aromatic rings. The summed E-state index contributed by atoms with van der Waals surface area (Å²) in [5.41, 5.74) is 1.93. The first-order chi connectivity index (χ1) is 8.16. The molecule has 0 saturated carbocycles. The molecule has 0 aliphatic carbocycles. The summed E-state index contributed by atoms with van der Waals surface area (Å²) >= 11 is 0. The number of carboxylic acid groups (broad SMARTS) is 1. The summed E-state index contributed by atoms with van der Waals surface area (Å²) in [6.07, 6.45) is 7.03. The average molecular weight is 233 g/mol. The molecule has 2 aromatic heterocycles. The standard InChI is InChI=1S/C11H12N4O2/c1-14-8-12-7-10(14)9-2-4-15(13-6-9)5-3-11(16)17/h2,4,6-8H,3,5H2,1H3/p+1. The van der Waals surface area contributed by atoms with Gasteiger partial charge in [0.2, 0.25) is 0 Å². The van der Waals surface area contributed by atoms with Crippen molar-refractivity contribution in [3.63, 3.8) is 0 Å². The summed E-state index contributed by atoms with van der Waals surface area (Å²) in [6.45, 7) is 0.376. The van der Waals surface area contributed by atoms with Crippen molar-refractivity contribution in [1.29, 1.82) is 0 Å². The summed E-state index contributed by atoms with van der Waals surface area (Å²) in [7, 11) is 1.91. The average Bonchev–Trinajstić information content (AvgIpc) is 2.73. The van der Waals surface area contributed by atoms with E-state index in [1.165, 1.54) is 0 Å². The molecule has 0 saturated heterocycles. The third kappa shape index (κ3) is 2.66. The van der Waals surface area contributed by atoms with Gasteiger partial charge in [-0.05, 0) is 5.10 Å². The van der Waals surface area contributed by atoms with Crippen molar-refractivity contribution >= 4 is 5.97 Å². The van der Waals surface area contributed by atoms with Crippen molar-refractivity contribution in [2.45, 2.75) is 13.0 Å². The van der Waals surface area contributed by atoms with Crippen LogP contribution in [0.25, 0.3) is 11.3 Å². The first-order valence-electron chi connectivity index (χ1n) is 5.21. The van der Waals surface area contributed by atoms with Gasteiger partial charge in [-0.2, -0.15) is 0 Å². The van der Waals surface area contributed by atoms with Gasteiger partial charge < -0.3 is 9.67 Å². The fourth-order valence-electron chi connectivity index (χ4n) is 1.51. The normalized spacial score (nSPS) is 10.4. The van der Waals surface area contributed by atoms with Crippen molar-refractivity contribution < 1.29 is 14.6 Å². The van der Waals surface area contributed by atoms with Crippen molar-refractivity contribution in [3.05, 3.63) is 31.0 Å². The number of nitrogens with zero attached hydrogens (tertiary/aromatic N) is 4. The molecular formula is C11H13N4O2+. The Morgan fingerprint density at radius 2 is 2.35 bits per heavy atom. The zero-order chi connectivity index (χ0) is 12.3. The minimum Gasteiger partial charge on any atom is -0.481 e. The van der Waals surface area contributed by atoms with Gasteiger partial charge in [0.05, 0.1) is 18.2 Å². The van der Waals surface area contributed by atoms with Crippen LogP contribution in [0.4, 0.5) is 0 Å². The molecule has 2 heterocycles. The van der Waals surface area contributed by atoms with E-state index in [0.29, 0.717) is 6.54 Å². The molecule has 0 unspecified atom stereocenters. The number of hydrogen-bond donors (Lipinski definition) is 1. The van der Waals surface area contributed by atoms with Gasteiger partial charge in [0.15, 0.2) is 12.7 Å². The topological polar surface area (TPSA) is 71.9 Å². The molecule has 0 aliphatic heterocycles. The van der Waals surface area contributed by atoms with Crippen LogP contribution in [0, 0.1) is 0 Å². The van der Waals surface area contributed by atoms with Gasteiger partial charge in [-0.15, -0.1) is 0 Å². The fraction of sp³-hybridized carbons (Fsp3) is 0.273. The van der Waals surface area contributed by atoms with E-state index in [-0.39, 0.29) is 6.42 Å². The Kier molecular flexibility index (Phi) is 3.13. The Balaban J connectivity index is 2.13. The molecule has 0 spiro atoms. The Hall–Kier alpha value is -2.24. The van der Waals surface area contributed by atoms with Gasteiger partial charge in [-0.3, -0.25) is 4.79 Å². The summed E-state index contributed by atoms with van der Waals surface area (Å²) in [5, 5.41) is 12.7. The zero-order valence-corrected chi connectivity index (χ0v) is 9.45. The molecule has 0 aromatic carbocycles. The van der Waals surface area contributed by atoms with Gasteiger partial charge in [0.25, 0.3) is 0 Å². The number of aliphatic carboxylic acids is 1. The van der Waals surface area contributed by atoms with Crippen LogP contribution >= 0.6 is 0 Å². The highest BCUT2D eigenvalue weighted by atomic mass is 16.4. The van der Waals surface area contributed by atoms with Crippen LogP contribution in [0.1, 0.15) is 6.42 Å². The lowest BCUT2D eigenvalue weighted by atomic mass is 10.2. The van der Waals surface area contributed by atoms with Gasteiger partial charge >= 0.3 is 5.97 Å². The number of hydrogen-bond acceptors (Lipinski definition) is 3. The zero-order valence-electron chi connectivity index (χ0n) is 9.45. The summed E-state index contributed by atoms with van der Waals surface area (Å²) < 4.78 is 3.51. The van der Waals surface area contributed by atoms with Gasteiger partial charge in [0, 0.05) is 18.7 Å². The number of carboxylic acids is 1. The Labute approximate surface area is 98.2 Å². The van der Waals surface area contributed by atoms with Gasteiger partial charge in [-0.25, -0.2) is 4.98 Å². The highest BCUT2D eigenvalue weighted by Gasteiger charge is 2.08. The maximum atomic E-state index is 10.4. The molecule has 1 N–H and O–H groups in total. The molecule has 0 amide bonds. The number of carbonyl (C=O) groups is 1. The maximum Gasteiger partial charge on any atom is 0.309 e. The second kappa shape index (κ2) is 4.73. The highest BCUT2D eigenvalue weighted by molar-refractivity contribution is 5.66. The van der Waals surface area contributed by atoms with Crippen LogP contribution < -0.4 is 4.68 Å². The lowest BCUT2D eigenvalue weighted by Gasteiger charge is -1.99. The predicted octanol–water partition coefficient (Wildman–Crippen LogP) is 0.244. The van der Waals surface area contributed by atoms with Crippen molar-refractivity contribution in [2.24, 2.45) is 7.05 Å². The smallest absolute Gasteiger partial charge is 0.309 e. The molecule has 2 rings (SSSR count). The molecule has 0 radical (unpaired) electrons. The van der Waals surface area contributed by atoms with E-state index in [1.54, 1.807) is 29.6 Å². The minimum atomic E-state index is -0.824. The minimum absolute atomic E-state index is 0.0721. The van der Waals surface area contributed by atoms with E-state index in [4.69, 9.17) is 5.11 Å². The van der Waals surface area contributed by atoms with Crippen molar-refractivity contribution in [3.8, 4) is 11.3 Å². The predicted molar refractivity (Wildman–Crippen MR) is 58.9 cm³/mol. The molecule has 0 fully saturated rings. The number of rotatable bonds is 4. The summed E-state index contributed by atoms with van der Waals surface area (Å²) in [4.78, 5) is 14.4. The molecule has 17 heavy (non-hydrogen) atoms. The summed E-state index contributed by atoms with van der Waals surface area (Å²) in [6, 6.07) is 1.89. The maximum absolute atomic E-state index is 10.4. The van der Waals surface area contributed by atoms with E-state index in [1.807, 2.05) is 17.7 Å². The lowest BCUT2D eigenvalue weighted by Crippen LogP contribution is -2.38. The third-order valence-electron chi connectivity index (χ3n) is 2.44. The van der Waals surface area contributed by atoms with Gasteiger partial charge in [0.1, 0.15) is 12.6 Å².